The molecule has 0 bridgehead atoms. The number of pyridine rings is 1. The first-order valence-corrected chi connectivity index (χ1v) is 10.6. The van der Waals surface area contributed by atoms with Gasteiger partial charge in [0.2, 0.25) is 5.95 Å². The van der Waals surface area contributed by atoms with E-state index in [1.54, 1.807) is 44.5 Å². The van der Waals surface area contributed by atoms with E-state index in [1.165, 1.54) is 15.6 Å². The van der Waals surface area contributed by atoms with E-state index in [2.05, 4.69) is 27.2 Å². The molecule has 33 heavy (non-hydrogen) atoms. The number of hydrazine groups is 1. The Bertz CT molecular complexity index is 1240. The molecule has 2 aromatic heterocycles. The molecule has 2 heterocycles. The predicted molar refractivity (Wildman–Crippen MR) is 131 cm³/mol. The van der Waals surface area contributed by atoms with Gasteiger partial charge in [-0.05, 0) is 56.2 Å². The molecule has 2 amide bonds. The van der Waals surface area contributed by atoms with Crippen LogP contribution < -0.4 is 27.0 Å². The number of hydrogen-bond donors (Lipinski definition) is 5. The highest BCUT2D eigenvalue weighted by Crippen LogP contribution is 2.32. The van der Waals surface area contributed by atoms with Gasteiger partial charge in [0, 0.05) is 25.0 Å². The van der Waals surface area contributed by atoms with E-state index in [4.69, 9.17) is 5.84 Å². The van der Waals surface area contributed by atoms with Crippen molar-refractivity contribution < 1.29 is 9.90 Å². The Morgan fingerprint density at radius 2 is 2.12 bits per heavy atom. The maximum Gasteiger partial charge on any atom is 0.321 e. The van der Waals surface area contributed by atoms with Crippen LogP contribution in [0.3, 0.4) is 0 Å². The molecule has 0 radical (unpaired) electrons. The van der Waals surface area contributed by atoms with E-state index in [-0.39, 0.29) is 23.6 Å². The quantitative estimate of drug-likeness (QED) is 0.203. The van der Waals surface area contributed by atoms with Crippen molar-refractivity contribution >= 4 is 28.7 Å². The van der Waals surface area contributed by atoms with E-state index in [0.29, 0.717) is 28.8 Å². The maximum atomic E-state index is 12.7. The average molecular weight is 452 g/mol. The summed E-state index contributed by atoms with van der Waals surface area (Å²) in [5.41, 5.74) is 2.88. The van der Waals surface area contributed by atoms with Crippen LogP contribution in [0.25, 0.3) is 22.2 Å². The van der Waals surface area contributed by atoms with Crippen LogP contribution in [-0.4, -0.2) is 38.3 Å². The monoisotopic (exact) mass is 451 g/mol. The number of nitrogens with two attached hydrogens (primary N) is 1. The minimum absolute atomic E-state index is 0.234. The number of carbonyl (C=O) groups excluding carboxylic acids is 1. The number of carbonyl (C=O) groups is 1. The number of allylic oxidation sites excluding steroid dienone is 2. The highest BCUT2D eigenvalue weighted by atomic mass is 16.3. The van der Waals surface area contributed by atoms with Gasteiger partial charge in [0.25, 0.3) is 5.56 Å². The minimum atomic E-state index is -0.667. The van der Waals surface area contributed by atoms with Crippen LogP contribution in [0.15, 0.2) is 60.2 Å². The average Bonchev–Trinajstić information content (AvgIpc) is 3.18. The second-order valence-electron chi connectivity index (χ2n) is 7.59. The highest BCUT2D eigenvalue weighted by molar-refractivity contribution is 5.97. The molecular weight excluding hydrogens is 422 g/mol. The van der Waals surface area contributed by atoms with Gasteiger partial charge in [-0.25, -0.2) is 15.6 Å². The second-order valence-corrected chi connectivity index (χ2v) is 7.59. The van der Waals surface area contributed by atoms with Crippen molar-refractivity contribution in [3.63, 3.8) is 0 Å². The Hall–Kier alpha value is -3.89. The number of imidazole rings is 1. The summed E-state index contributed by atoms with van der Waals surface area (Å²) in [6, 6.07) is 6.21. The molecule has 0 aliphatic carbocycles. The van der Waals surface area contributed by atoms with Gasteiger partial charge in [0.1, 0.15) is 5.52 Å². The number of hydrogen-bond acceptors (Lipinski definition) is 6. The van der Waals surface area contributed by atoms with Gasteiger partial charge in [-0.3, -0.25) is 15.1 Å². The van der Waals surface area contributed by atoms with Crippen molar-refractivity contribution in [1.82, 2.24) is 19.9 Å². The molecule has 2 atom stereocenters. The molecule has 3 aromatic rings. The Labute approximate surface area is 191 Å². The lowest BCUT2D eigenvalue weighted by molar-refractivity contribution is 0.137. The Kier molecular flexibility index (Phi) is 7.31. The number of aromatic amines is 1. The highest BCUT2D eigenvalue weighted by Gasteiger charge is 2.16. The fraction of sp³-hybridized carbons (Fsp3) is 0.261. The number of aliphatic hydroxyl groups is 1. The number of H-pyrrole nitrogens is 1. The van der Waals surface area contributed by atoms with Crippen molar-refractivity contribution in [1.29, 1.82) is 0 Å². The first-order chi connectivity index (χ1) is 15.7. The summed E-state index contributed by atoms with van der Waals surface area (Å²) in [5.74, 6) is 6.49. The van der Waals surface area contributed by atoms with Crippen LogP contribution in [0.4, 0.5) is 16.4 Å². The molecule has 3 rings (SSSR count). The SMILES string of the molecule is C=C/C=C\N(N)c1cc(-c2ccn([C@@H](C)[C@H](C)O)c(=O)c2)cc2[nH]c(NC(=O)NCC)nc12. The number of rotatable bonds is 8. The van der Waals surface area contributed by atoms with Crippen LogP contribution in [0.1, 0.15) is 26.8 Å². The molecule has 174 valence electrons. The van der Waals surface area contributed by atoms with Crippen LogP contribution in [0.2, 0.25) is 0 Å². The van der Waals surface area contributed by atoms with Gasteiger partial charge in [-0.1, -0.05) is 12.7 Å². The summed E-state index contributed by atoms with van der Waals surface area (Å²) in [5, 5.41) is 16.5. The topological polar surface area (TPSA) is 141 Å². The lowest BCUT2D eigenvalue weighted by Crippen LogP contribution is -2.28. The molecule has 0 unspecified atom stereocenters. The van der Waals surface area contributed by atoms with E-state index >= 15 is 0 Å². The summed E-state index contributed by atoms with van der Waals surface area (Å²) < 4.78 is 1.49. The van der Waals surface area contributed by atoms with Crippen molar-refractivity contribution in [2.75, 3.05) is 16.9 Å². The van der Waals surface area contributed by atoms with E-state index in [1.807, 2.05) is 19.1 Å². The Balaban J connectivity index is 2.11. The Morgan fingerprint density at radius 1 is 1.36 bits per heavy atom. The molecule has 10 heteroatoms. The lowest BCUT2D eigenvalue weighted by Gasteiger charge is -2.19. The van der Waals surface area contributed by atoms with Gasteiger partial charge < -0.3 is 20.0 Å². The zero-order chi connectivity index (χ0) is 24.1. The molecule has 0 fully saturated rings. The van der Waals surface area contributed by atoms with Crippen molar-refractivity contribution in [3.05, 3.63) is 65.7 Å². The summed E-state index contributed by atoms with van der Waals surface area (Å²) in [6.07, 6.45) is 5.89. The molecule has 0 aliphatic heterocycles. The molecule has 0 spiro atoms. The smallest absolute Gasteiger partial charge is 0.321 e. The van der Waals surface area contributed by atoms with Crippen LogP contribution in [-0.2, 0) is 0 Å². The standard InChI is InChI=1S/C23H29N7O3/c1-5-7-9-30(24)19-12-17(16-8-10-29(20(32)13-16)14(3)15(4)31)11-18-21(19)27-22(26-18)28-23(33)25-6-2/h5,7-15,31H,1,6,24H2,2-4H3,(H3,25,26,27,28,33)/b9-7-/t14-,15-/m0/s1. The molecule has 0 saturated carbocycles. The minimum Gasteiger partial charge on any atom is -0.391 e. The first kappa shape index (κ1) is 23.8. The van der Waals surface area contributed by atoms with Gasteiger partial charge >= 0.3 is 6.03 Å². The number of fused-ring (bicyclic) bond motifs is 1. The molecule has 0 aliphatic rings. The number of urea groups is 1. The number of nitrogens with zero attached hydrogens (tertiary/aromatic N) is 3. The number of amides is 2. The van der Waals surface area contributed by atoms with Crippen molar-refractivity contribution in [2.45, 2.75) is 32.9 Å². The van der Waals surface area contributed by atoms with Crippen LogP contribution in [0.5, 0.6) is 0 Å². The third-order valence-corrected chi connectivity index (χ3v) is 5.22. The normalized spacial score (nSPS) is 13.1. The van der Waals surface area contributed by atoms with Gasteiger partial charge in [-0.2, -0.15) is 0 Å². The molecular formula is C23H29N7O3. The Morgan fingerprint density at radius 3 is 2.76 bits per heavy atom. The summed E-state index contributed by atoms with van der Waals surface area (Å²) in [6.45, 7) is 9.37. The summed E-state index contributed by atoms with van der Waals surface area (Å²) in [7, 11) is 0. The van der Waals surface area contributed by atoms with E-state index < -0.39 is 6.10 Å². The van der Waals surface area contributed by atoms with Gasteiger partial charge in [0.15, 0.2) is 0 Å². The largest absolute Gasteiger partial charge is 0.391 e. The third kappa shape index (κ3) is 5.30. The van der Waals surface area contributed by atoms with Crippen LogP contribution >= 0.6 is 0 Å². The number of nitrogens with one attached hydrogen (secondary N) is 3. The molecule has 10 nitrogen and oxygen atoms in total. The molecule has 6 N–H and O–H groups in total. The zero-order valence-corrected chi connectivity index (χ0v) is 18.9. The van der Waals surface area contributed by atoms with Crippen molar-refractivity contribution in [2.24, 2.45) is 5.84 Å². The predicted octanol–water partition coefficient (Wildman–Crippen LogP) is 2.85. The van der Waals surface area contributed by atoms with Gasteiger partial charge in [0.05, 0.1) is 23.3 Å². The fourth-order valence-corrected chi connectivity index (χ4v) is 3.31. The van der Waals surface area contributed by atoms with Crippen LogP contribution in [0, 0.1) is 0 Å². The summed E-state index contributed by atoms with van der Waals surface area (Å²) in [4.78, 5) is 32.2. The first-order valence-electron chi connectivity index (χ1n) is 10.6. The fourth-order valence-electron chi connectivity index (χ4n) is 3.31. The number of aromatic nitrogens is 3. The molecule has 0 saturated heterocycles. The summed E-state index contributed by atoms with van der Waals surface area (Å²) >= 11 is 0. The molecule has 1 aromatic carbocycles. The lowest BCUT2D eigenvalue weighted by atomic mass is 10.0. The van der Waals surface area contributed by atoms with E-state index in [0.717, 1.165) is 5.56 Å². The van der Waals surface area contributed by atoms with Crippen molar-refractivity contribution in [3.8, 4) is 11.1 Å². The van der Waals surface area contributed by atoms with Gasteiger partial charge in [-0.15, -0.1) is 0 Å². The number of anilines is 2. The third-order valence-electron chi connectivity index (χ3n) is 5.22. The second kappa shape index (κ2) is 10.2. The maximum absolute atomic E-state index is 12.7. The number of aliphatic hydroxyl groups excluding tert-OH is 1. The number of benzene rings is 1. The zero-order valence-electron chi connectivity index (χ0n) is 18.9. The van der Waals surface area contributed by atoms with E-state index in [9.17, 15) is 14.7 Å².